The molecule has 1 fully saturated rings. The van der Waals surface area contributed by atoms with Crippen LogP contribution in [0.2, 0.25) is 0 Å². The van der Waals surface area contributed by atoms with Gasteiger partial charge in [-0.1, -0.05) is 22.4 Å². The van der Waals surface area contributed by atoms with Crippen LogP contribution < -0.4 is 10.5 Å². The third-order valence-corrected chi connectivity index (χ3v) is 4.86. The molecule has 1 aromatic carbocycles. The van der Waals surface area contributed by atoms with Crippen molar-refractivity contribution in [3.05, 3.63) is 21.7 Å². The summed E-state index contributed by atoms with van der Waals surface area (Å²) in [4.78, 5) is 0. The Bertz CT molecular complexity index is 436. The number of ether oxygens (including phenoxy) is 1. The van der Waals surface area contributed by atoms with Gasteiger partial charge < -0.3 is 15.6 Å². The van der Waals surface area contributed by atoms with E-state index in [1.54, 1.807) is 7.11 Å². The molecule has 1 aliphatic carbocycles. The number of aromatic hydroxyl groups is 1. The monoisotopic (exact) mass is 299 g/mol. The van der Waals surface area contributed by atoms with Crippen LogP contribution in [0.15, 0.2) is 10.5 Å². The van der Waals surface area contributed by atoms with Crippen LogP contribution in [0.1, 0.15) is 30.4 Å². The smallest absolute Gasteiger partial charge is 0.162 e. The minimum absolute atomic E-state index is 0.0811. The van der Waals surface area contributed by atoms with E-state index in [9.17, 15) is 5.11 Å². The maximum atomic E-state index is 10.3. The predicted molar refractivity (Wildman–Crippen MR) is 71.7 cm³/mol. The first kappa shape index (κ1) is 12.7. The summed E-state index contributed by atoms with van der Waals surface area (Å²) in [6.07, 6.45) is 3.23. The zero-order valence-electron chi connectivity index (χ0n) is 10.2. The second kappa shape index (κ2) is 4.50. The Morgan fingerprint density at radius 1 is 1.53 bits per heavy atom. The van der Waals surface area contributed by atoms with Crippen LogP contribution in [0.4, 0.5) is 0 Å². The third-order valence-electron chi connectivity index (χ3n) is 3.84. The Balaban J connectivity index is 2.63. The molecule has 1 aromatic rings. The summed E-state index contributed by atoms with van der Waals surface area (Å²) < 4.78 is 6.18. The van der Waals surface area contributed by atoms with Crippen molar-refractivity contribution in [3.8, 4) is 11.5 Å². The van der Waals surface area contributed by atoms with Gasteiger partial charge in [-0.05, 0) is 31.4 Å². The molecule has 0 amide bonds. The van der Waals surface area contributed by atoms with Crippen molar-refractivity contribution >= 4 is 15.9 Å². The molecule has 0 bridgehead atoms. The fourth-order valence-electron chi connectivity index (χ4n) is 2.55. The maximum absolute atomic E-state index is 10.3. The van der Waals surface area contributed by atoms with E-state index in [-0.39, 0.29) is 11.2 Å². The number of hydrogen-bond acceptors (Lipinski definition) is 3. The Kier molecular flexibility index (Phi) is 3.36. The Hall–Kier alpha value is -0.740. The molecule has 0 spiro atoms. The van der Waals surface area contributed by atoms with Crippen LogP contribution in [0.3, 0.4) is 0 Å². The number of phenolic OH excluding ortho intramolecular Hbond substituents is 1. The van der Waals surface area contributed by atoms with E-state index < -0.39 is 0 Å². The van der Waals surface area contributed by atoms with E-state index in [4.69, 9.17) is 10.5 Å². The number of aryl methyl sites for hydroxylation is 1. The molecule has 0 unspecified atom stereocenters. The van der Waals surface area contributed by atoms with Crippen molar-refractivity contribution in [2.24, 2.45) is 5.73 Å². The molecule has 94 valence electrons. The molecule has 0 aromatic heterocycles. The van der Waals surface area contributed by atoms with Crippen molar-refractivity contribution in [3.63, 3.8) is 0 Å². The van der Waals surface area contributed by atoms with Crippen LogP contribution >= 0.6 is 15.9 Å². The number of benzene rings is 1. The summed E-state index contributed by atoms with van der Waals surface area (Å²) in [5.74, 6) is 0.760. The standard InChI is InChI=1S/C13H18BrNO2/c1-8-6-9(17-2)12(16)10(11(8)14)13(7-15)4-3-5-13/h6,16H,3-5,7,15H2,1-2H3. The van der Waals surface area contributed by atoms with Crippen molar-refractivity contribution in [2.45, 2.75) is 31.6 Å². The zero-order valence-corrected chi connectivity index (χ0v) is 11.8. The van der Waals surface area contributed by atoms with Gasteiger partial charge in [-0.2, -0.15) is 0 Å². The molecule has 0 radical (unpaired) electrons. The molecule has 3 N–H and O–H groups in total. The van der Waals surface area contributed by atoms with Crippen LogP contribution in [0.25, 0.3) is 0 Å². The lowest BCUT2D eigenvalue weighted by Crippen LogP contribution is -2.42. The number of methoxy groups -OCH3 is 1. The van der Waals surface area contributed by atoms with Gasteiger partial charge in [0.2, 0.25) is 0 Å². The number of rotatable bonds is 3. The van der Waals surface area contributed by atoms with Gasteiger partial charge in [0.1, 0.15) is 0 Å². The minimum Gasteiger partial charge on any atom is -0.504 e. The second-order valence-corrected chi connectivity index (χ2v) is 5.56. The number of phenols is 1. The van der Waals surface area contributed by atoms with Gasteiger partial charge in [0, 0.05) is 22.0 Å². The number of halogens is 1. The normalized spacial score (nSPS) is 17.6. The minimum atomic E-state index is -0.0811. The van der Waals surface area contributed by atoms with E-state index in [2.05, 4.69) is 15.9 Å². The van der Waals surface area contributed by atoms with Gasteiger partial charge in [0.05, 0.1) is 7.11 Å². The topological polar surface area (TPSA) is 55.5 Å². The first-order valence-corrected chi connectivity index (χ1v) is 6.61. The second-order valence-electron chi connectivity index (χ2n) is 4.77. The summed E-state index contributed by atoms with van der Waals surface area (Å²) in [5.41, 5.74) is 7.81. The molecule has 0 heterocycles. The summed E-state index contributed by atoms with van der Waals surface area (Å²) >= 11 is 3.57. The first-order chi connectivity index (χ1) is 8.05. The highest BCUT2D eigenvalue weighted by molar-refractivity contribution is 9.10. The molecule has 17 heavy (non-hydrogen) atoms. The molecule has 3 nitrogen and oxygen atoms in total. The molecule has 2 rings (SSSR count). The Morgan fingerprint density at radius 3 is 2.59 bits per heavy atom. The van der Waals surface area contributed by atoms with Gasteiger partial charge in [-0.15, -0.1) is 0 Å². The molecule has 0 atom stereocenters. The van der Waals surface area contributed by atoms with Crippen molar-refractivity contribution < 1.29 is 9.84 Å². The summed E-state index contributed by atoms with van der Waals surface area (Å²) in [6, 6.07) is 1.84. The average molecular weight is 300 g/mol. The molecule has 4 heteroatoms. The molecular weight excluding hydrogens is 282 g/mol. The summed E-state index contributed by atoms with van der Waals surface area (Å²) in [6.45, 7) is 2.56. The van der Waals surface area contributed by atoms with Crippen molar-refractivity contribution in [2.75, 3.05) is 13.7 Å². The van der Waals surface area contributed by atoms with Crippen LogP contribution in [-0.4, -0.2) is 18.8 Å². The van der Waals surface area contributed by atoms with Crippen molar-refractivity contribution in [1.29, 1.82) is 0 Å². The van der Waals surface area contributed by atoms with E-state index in [1.807, 2.05) is 13.0 Å². The van der Waals surface area contributed by atoms with Gasteiger partial charge in [-0.25, -0.2) is 0 Å². The average Bonchev–Trinajstić information content (AvgIpc) is 2.27. The van der Waals surface area contributed by atoms with E-state index in [1.165, 1.54) is 6.42 Å². The van der Waals surface area contributed by atoms with Crippen molar-refractivity contribution in [1.82, 2.24) is 0 Å². The van der Waals surface area contributed by atoms with Crippen LogP contribution in [0, 0.1) is 6.92 Å². The van der Waals surface area contributed by atoms with E-state index in [0.29, 0.717) is 12.3 Å². The highest BCUT2D eigenvalue weighted by atomic mass is 79.9. The number of hydrogen-bond donors (Lipinski definition) is 2. The highest BCUT2D eigenvalue weighted by Gasteiger charge is 2.41. The van der Waals surface area contributed by atoms with Gasteiger partial charge in [-0.3, -0.25) is 0 Å². The fourth-order valence-corrected chi connectivity index (χ4v) is 3.27. The lowest BCUT2D eigenvalue weighted by Gasteiger charge is -2.42. The molecule has 0 aliphatic heterocycles. The summed E-state index contributed by atoms with van der Waals surface area (Å²) in [7, 11) is 1.57. The van der Waals surface area contributed by atoms with Gasteiger partial charge in [0.15, 0.2) is 11.5 Å². The molecule has 1 saturated carbocycles. The first-order valence-electron chi connectivity index (χ1n) is 5.82. The SMILES string of the molecule is COc1cc(C)c(Br)c(C2(CN)CCC2)c1O. The lowest BCUT2D eigenvalue weighted by atomic mass is 9.64. The Labute approximate surface area is 110 Å². The zero-order chi connectivity index (χ0) is 12.6. The highest BCUT2D eigenvalue weighted by Crippen LogP contribution is 2.52. The maximum Gasteiger partial charge on any atom is 0.162 e. The van der Waals surface area contributed by atoms with E-state index >= 15 is 0 Å². The van der Waals surface area contributed by atoms with Gasteiger partial charge in [0.25, 0.3) is 0 Å². The van der Waals surface area contributed by atoms with Gasteiger partial charge >= 0.3 is 0 Å². The predicted octanol–water partition coefficient (Wildman–Crippen LogP) is 2.85. The molecular formula is C13H18BrNO2. The lowest BCUT2D eigenvalue weighted by molar-refractivity contribution is 0.240. The quantitative estimate of drug-likeness (QED) is 0.902. The molecule has 1 aliphatic rings. The largest absolute Gasteiger partial charge is 0.504 e. The fraction of sp³-hybridized carbons (Fsp3) is 0.538. The van der Waals surface area contributed by atoms with Crippen LogP contribution in [-0.2, 0) is 5.41 Å². The number of nitrogens with two attached hydrogens (primary N) is 1. The third kappa shape index (κ3) is 1.83. The Morgan fingerprint density at radius 2 is 2.18 bits per heavy atom. The molecule has 0 saturated heterocycles. The van der Waals surface area contributed by atoms with E-state index in [0.717, 1.165) is 28.4 Å². The summed E-state index contributed by atoms with van der Waals surface area (Å²) in [5, 5.41) is 10.3. The van der Waals surface area contributed by atoms with Crippen LogP contribution in [0.5, 0.6) is 11.5 Å².